The van der Waals surface area contributed by atoms with Crippen LogP contribution in [-0.4, -0.2) is 61.1 Å². The Hall–Kier alpha value is -0.720. The van der Waals surface area contributed by atoms with Crippen molar-refractivity contribution in [1.82, 2.24) is 0 Å². The van der Waals surface area contributed by atoms with E-state index in [-0.39, 0.29) is 25.4 Å². The number of ether oxygens (including phenoxy) is 3. The molecule has 0 aromatic heterocycles. The third kappa shape index (κ3) is 11.1. The lowest BCUT2D eigenvalue weighted by Crippen LogP contribution is -2.51. The predicted molar refractivity (Wildman–Crippen MR) is 278 cm³/mol. The summed E-state index contributed by atoms with van der Waals surface area (Å²) in [4.78, 5) is 0. The van der Waals surface area contributed by atoms with Crippen molar-refractivity contribution in [2.24, 2.45) is 92.7 Å². The fourth-order valence-corrected chi connectivity index (χ4v) is 18.8. The fourth-order valence-electron chi connectivity index (χ4n) is 18.8. The van der Waals surface area contributed by atoms with Crippen molar-refractivity contribution >= 4 is 0 Å². The quantitative estimate of drug-likeness (QED) is 0.106. The molecule has 8 aliphatic rings. The van der Waals surface area contributed by atoms with Crippen LogP contribution in [0.3, 0.4) is 0 Å². The standard InChI is InChI=1S/C62H106O5/c1-41(2)13-11-15-43(5)53-21-23-55-51-19-17-45-37-49(25-31-59(45,7)57(51)27-33-61(53,55)9)66-35-29-47(63)39-65-40-48(64)30-36-67-50-26-32-60(8)46(38-50)18-20-52-56-24-22-54(44(6)16-12-14-42(3)4)62(56,10)34-28-58(52)60/h17-18,41-44,47-58,63-64H,11-16,19-40H2,1-10H3/t43-,44-,47?,48?,49+,50+,51+,52+,53-,54-,55+,56+,57+,58+,59+,60+,61-,62-/m1/s1. The third-order valence-corrected chi connectivity index (χ3v) is 22.7. The Morgan fingerprint density at radius 3 is 1.33 bits per heavy atom. The van der Waals surface area contributed by atoms with E-state index < -0.39 is 12.2 Å². The largest absolute Gasteiger partial charge is 0.391 e. The van der Waals surface area contributed by atoms with Gasteiger partial charge in [-0.1, -0.05) is 131 Å². The van der Waals surface area contributed by atoms with E-state index in [2.05, 4.69) is 81.4 Å². The van der Waals surface area contributed by atoms with Gasteiger partial charge < -0.3 is 24.4 Å². The van der Waals surface area contributed by atoms with E-state index >= 15 is 0 Å². The molecule has 0 aliphatic heterocycles. The minimum absolute atomic E-state index is 0.241. The Morgan fingerprint density at radius 2 is 0.925 bits per heavy atom. The number of fused-ring (bicyclic) bond motifs is 10. The molecule has 0 bridgehead atoms. The van der Waals surface area contributed by atoms with Crippen LogP contribution in [0.15, 0.2) is 23.3 Å². The molecule has 6 fully saturated rings. The fraction of sp³-hybridized carbons (Fsp3) is 0.935. The van der Waals surface area contributed by atoms with E-state index in [1.807, 2.05) is 0 Å². The minimum atomic E-state index is -0.576. The highest BCUT2D eigenvalue weighted by Crippen LogP contribution is 2.69. The van der Waals surface area contributed by atoms with E-state index in [1.165, 1.54) is 116 Å². The van der Waals surface area contributed by atoms with E-state index in [1.54, 1.807) is 11.1 Å². The van der Waals surface area contributed by atoms with Crippen LogP contribution in [0, 0.1) is 92.7 Å². The number of hydrogen-bond acceptors (Lipinski definition) is 5. The number of rotatable bonds is 22. The first-order valence-electron chi connectivity index (χ1n) is 29.5. The summed E-state index contributed by atoms with van der Waals surface area (Å²) in [6.07, 6.45) is 35.3. The van der Waals surface area contributed by atoms with Gasteiger partial charge in [0.25, 0.3) is 0 Å². The summed E-state index contributed by atoms with van der Waals surface area (Å²) in [5, 5.41) is 21.6. The highest BCUT2D eigenvalue weighted by molar-refractivity contribution is 5.27. The van der Waals surface area contributed by atoms with Crippen LogP contribution >= 0.6 is 0 Å². The van der Waals surface area contributed by atoms with Crippen molar-refractivity contribution in [3.8, 4) is 0 Å². The van der Waals surface area contributed by atoms with Gasteiger partial charge in [-0.05, 0) is 208 Å². The van der Waals surface area contributed by atoms with Crippen molar-refractivity contribution in [3.05, 3.63) is 23.3 Å². The average Bonchev–Trinajstić information content (AvgIpc) is 3.83. The number of aliphatic hydroxyl groups excluding tert-OH is 2. The predicted octanol–water partition coefficient (Wildman–Crippen LogP) is 15.4. The molecule has 5 heteroatoms. The van der Waals surface area contributed by atoms with Crippen molar-refractivity contribution in [2.45, 2.75) is 248 Å². The normalized spacial score (nSPS) is 42.1. The third-order valence-electron chi connectivity index (χ3n) is 22.7. The van der Waals surface area contributed by atoms with Gasteiger partial charge in [0.1, 0.15) is 0 Å². The van der Waals surface area contributed by atoms with Crippen molar-refractivity contribution in [3.63, 3.8) is 0 Å². The second-order valence-corrected chi connectivity index (χ2v) is 27.5. The van der Waals surface area contributed by atoms with Gasteiger partial charge in [0.05, 0.1) is 37.6 Å². The molecule has 18 atom stereocenters. The first kappa shape index (κ1) is 52.6. The smallest absolute Gasteiger partial charge is 0.0795 e. The number of hydrogen-bond donors (Lipinski definition) is 2. The SMILES string of the molecule is CC(C)CCC[C@@H](C)[C@H]1CC[C@H]2[C@@H]3CC=C4C[C@@H](OCCC(O)COCC(O)CCO[C@H]5CC[C@@]6(C)C(=CC[C@H]7[C@@H]8CC[C@H]([C@H](C)CCCC(C)C)[C@@]8(C)CC[C@@H]76)C5)CC[C@]4(C)[C@H]3CC[C@]12C. The maximum atomic E-state index is 10.8. The molecular formula is C62H106O5. The molecule has 0 spiro atoms. The van der Waals surface area contributed by atoms with Crippen LogP contribution in [0.5, 0.6) is 0 Å². The Morgan fingerprint density at radius 1 is 0.507 bits per heavy atom. The van der Waals surface area contributed by atoms with Gasteiger partial charge in [-0.15, -0.1) is 0 Å². The Kier molecular flexibility index (Phi) is 17.4. The first-order valence-corrected chi connectivity index (χ1v) is 29.5. The van der Waals surface area contributed by atoms with Gasteiger partial charge in [-0.2, -0.15) is 0 Å². The Labute approximate surface area is 413 Å². The molecular weight excluding hydrogens is 825 g/mol. The summed E-state index contributed by atoms with van der Waals surface area (Å²) in [6.45, 7) is 27.0. The maximum absolute atomic E-state index is 10.8. The summed E-state index contributed by atoms with van der Waals surface area (Å²) in [7, 11) is 0. The highest BCUT2D eigenvalue weighted by atomic mass is 16.5. The van der Waals surface area contributed by atoms with Crippen molar-refractivity contribution in [2.75, 3.05) is 26.4 Å². The van der Waals surface area contributed by atoms with Crippen LogP contribution in [0.4, 0.5) is 0 Å². The molecule has 2 unspecified atom stereocenters. The van der Waals surface area contributed by atoms with Gasteiger partial charge in [0.15, 0.2) is 0 Å². The molecule has 8 aliphatic carbocycles. The van der Waals surface area contributed by atoms with E-state index in [4.69, 9.17) is 14.2 Å². The van der Waals surface area contributed by atoms with Gasteiger partial charge in [-0.25, -0.2) is 0 Å². The summed E-state index contributed by atoms with van der Waals surface area (Å²) >= 11 is 0. The summed E-state index contributed by atoms with van der Waals surface area (Å²) in [5.41, 5.74) is 5.11. The molecule has 2 N–H and O–H groups in total. The lowest BCUT2D eigenvalue weighted by Gasteiger charge is -2.58. The van der Waals surface area contributed by atoms with Crippen molar-refractivity contribution in [1.29, 1.82) is 0 Å². The van der Waals surface area contributed by atoms with E-state index in [0.717, 1.165) is 96.7 Å². The average molecular weight is 932 g/mol. The van der Waals surface area contributed by atoms with Gasteiger partial charge in [-0.3, -0.25) is 0 Å². The van der Waals surface area contributed by atoms with E-state index in [9.17, 15) is 10.2 Å². The van der Waals surface area contributed by atoms with Crippen molar-refractivity contribution < 1.29 is 24.4 Å². The van der Waals surface area contributed by atoms with Crippen LogP contribution in [0.25, 0.3) is 0 Å². The molecule has 67 heavy (non-hydrogen) atoms. The van der Waals surface area contributed by atoms with Crippen LogP contribution in [0.2, 0.25) is 0 Å². The molecule has 0 aromatic carbocycles. The van der Waals surface area contributed by atoms with Gasteiger partial charge >= 0.3 is 0 Å². The Bertz CT molecular complexity index is 1530. The molecule has 0 radical (unpaired) electrons. The minimum Gasteiger partial charge on any atom is -0.391 e. The molecule has 0 aromatic rings. The molecule has 0 heterocycles. The lowest BCUT2D eigenvalue weighted by molar-refractivity contribution is -0.0702. The van der Waals surface area contributed by atoms with Crippen LogP contribution in [-0.2, 0) is 14.2 Å². The molecule has 384 valence electrons. The first-order chi connectivity index (χ1) is 32.0. The molecule has 0 amide bonds. The second-order valence-electron chi connectivity index (χ2n) is 27.5. The molecule has 8 rings (SSSR count). The lowest BCUT2D eigenvalue weighted by atomic mass is 9.47. The monoisotopic (exact) mass is 931 g/mol. The number of aliphatic hydroxyl groups is 2. The summed E-state index contributed by atoms with van der Waals surface area (Å²) in [5.74, 6) is 10.4. The zero-order valence-electron chi connectivity index (χ0n) is 45.3. The summed E-state index contributed by atoms with van der Waals surface area (Å²) in [6, 6.07) is 0. The maximum Gasteiger partial charge on any atom is 0.0795 e. The zero-order valence-corrected chi connectivity index (χ0v) is 45.3. The van der Waals surface area contributed by atoms with Crippen LogP contribution in [0.1, 0.15) is 223 Å². The topological polar surface area (TPSA) is 68.2 Å². The highest BCUT2D eigenvalue weighted by Gasteiger charge is 2.61. The molecule has 5 nitrogen and oxygen atoms in total. The molecule has 6 saturated carbocycles. The molecule has 0 saturated heterocycles. The van der Waals surface area contributed by atoms with Gasteiger partial charge in [0, 0.05) is 13.2 Å². The van der Waals surface area contributed by atoms with Crippen LogP contribution < -0.4 is 0 Å². The number of allylic oxidation sites excluding steroid dienone is 2. The second kappa shape index (κ2) is 22.2. The van der Waals surface area contributed by atoms with Gasteiger partial charge in [0.2, 0.25) is 0 Å². The Balaban J connectivity index is 0.702. The summed E-state index contributed by atoms with van der Waals surface area (Å²) < 4.78 is 18.8. The zero-order chi connectivity index (χ0) is 47.7. The van der Waals surface area contributed by atoms with E-state index in [0.29, 0.717) is 47.7 Å².